The third-order valence-electron chi connectivity index (χ3n) is 7.47. The fourth-order valence-electron chi connectivity index (χ4n) is 5.66. The van der Waals surface area contributed by atoms with Crippen molar-refractivity contribution in [2.24, 2.45) is 11.8 Å². The summed E-state index contributed by atoms with van der Waals surface area (Å²) in [6, 6.07) is 6.45. The zero-order valence-corrected chi connectivity index (χ0v) is 19.5. The van der Waals surface area contributed by atoms with Gasteiger partial charge in [0, 0.05) is 32.1 Å². The fourth-order valence-corrected chi connectivity index (χ4v) is 5.66. The molecule has 1 aromatic rings. The van der Waals surface area contributed by atoms with Crippen LogP contribution >= 0.6 is 0 Å². The molecule has 1 unspecified atom stereocenters. The molecule has 2 amide bonds. The molecule has 3 atom stereocenters. The molecule has 3 fully saturated rings. The lowest BCUT2D eigenvalue weighted by Gasteiger charge is -2.44. The fraction of sp³-hybridized carbons (Fsp3) is 0.680. The number of nitrogens with one attached hydrogen (secondary N) is 1. The number of carbonyl (C=O) groups excluding carboxylic acids is 2. The Morgan fingerprint density at radius 1 is 1.09 bits per heavy atom. The lowest BCUT2D eigenvalue weighted by Crippen LogP contribution is -2.51. The van der Waals surface area contributed by atoms with Gasteiger partial charge in [0.2, 0.25) is 11.8 Å². The molecule has 0 aliphatic carbocycles. The molecule has 4 rings (SSSR count). The summed E-state index contributed by atoms with van der Waals surface area (Å²) in [5.74, 6) is 1.81. The standard InChI is InChI=1S/C25H37N3O4/c1-31-22-9-8-18(14-23(22)32-2)10-13-28-17-20(15-24(28)29)25(30)26-16-19-6-5-12-27-11-4-3-7-21(19)27/h8-9,14,19-21H,3-7,10-13,15-17H2,1-2H3,(H,26,30)/t19-,20?,21+/m0/s1. The maximum Gasteiger partial charge on any atom is 0.225 e. The van der Waals surface area contributed by atoms with Crippen LogP contribution in [0.4, 0.5) is 0 Å². The lowest BCUT2D eigenvalue weighted by molar-refractivity contribution is -0.129. The Kier molecular flexibility index (Phi) is 7.55. The average Bonchev–Trinajstić information content (AvgIpc) is 3.21. The zero-order chi connectivity index (χ0) is 22.5. The summed E-state index contributed by atoms with van der Waals surface area (Å²) in [5.41, 5.74) is 1.08. The van der Waals surface area contributed by atoms with Gasteiger partial charge in [0.1, 0.15) is 0 Å². The monoisotopic (exact) mass is 443 g/mol. The van der Waals surface area contributed by atoms with Crippen LogP contribution in [0.25, 0.3) is 0 Å². The molecule has 1 aromatic carbocycles. The van der Waals surface area contributed by atoms with Crippen LogP contribution in [-0.4, -0.2) is 74.6 Å². The van der Waals surface area contributed by atoms with E-state index in [1.165, 1.54) is 45.2 Å². The summed E-state index contributed by atoms with van der Waals surface area (Å²) in [6.45, 7) is 4.29. The van der Waals surface area contributed by atoms with Crippen LogP contribution in [0.1, 0.15) is 44.1 Å². The van der Waals surface area contributed by atoms with E-state index in [-0.39, 0.29) is 17.7 Å². The van der Waals surface area contributed by atoms with Gasteiger partial charge >= 0.3 is 0 Å². The number of amides is 2. The largest absolute Gasteiger partial charge is 0.493 e. The highest BCUT2D eigenvalue weighted by atomic mass is 16.5. The van der Waals surface area contributed by atoms with E-state index in [0.29, 0.717) is 43.0 Å². The van der Waals surface area contributed by atoms with Crippen LogP contribution in [0.15, 0.2) is 18.2 Å². The van der Waals surface area contributed by atoms with Crippen LogP contribution in [0.3, 0.4) is 0 Å². The van der Waals surface area contributed by atoms with Crippen molar-refractivity contribution < 1.29 is 19.1 Å². The SMILES string of the molecule is COc1ccc(CCN2CC(C(=O)NC[C@@H]3CCCN4CCCC[C@H]34)CC2=O)cc1OC. The van der Waals surface area contributed by atoms with Crippen LogP contribution in [0, 0.1) is 11.8 Å². The van der Waals surface area contributed by atoms with E-state index in [1.54, 1.807) is 14.2 Å². The second kappa shape index (κ2) is 10.6. The van der Waals surface area contributed by atoms with Crippen LogP contribution in [0.2, 0.25) is 0 Å². The number of methoxy groups -OCH3 is 2. The number of fused-ring (bicyclic) bond motifs is 1. The average molecular weight is 444 g/mol. The van der Waals surface area contributed by atoms with Gasteiger partial charge in [-0.1, -0.05) is 12.5 Å². The summed E-state index contributed by atoms with van der Waals surface area (Å²) < 4.78 is 10.7. The Balaban J connectivity index is 1.25. The van der Waals surface area contributed by atoms with E-state index >= 15 is 0 Å². The molecular weight excluding hydrogens is 406 g/mol. The van der Waals surface area contributed by atoms with Gasteiger partial charge in [0.25, 0.3) is 0 Å². The highest BCUT2D eigenvalue weighted by Crippen LogP contribution is 2.31. The van der Waals surface area contributed by atoms with Gasteiger partial charge in [-0.3, -0.25) is 9.59 Å². The summed E-state index contributed by atoms with van der Waals surface area (Å²) in [6.07, 6.45) is 7.33. The van der Waals surface area contributed by atoms with Gasteiger partial charge < -0.3 is 24.6 Å². The maximum atomic E-state index is 12.8. The number of ether oxygens (including phenoxy) is 2. The quantitative estimate of drug-likeness (QED) is 0.668. The van der Waals surface area contributed by atoms with E-state index in [2.05, 4.69) is 10.2 Å². The number of piperidine rings is 2. The van der Waals surface area contributed by atoms with Crippen molar-refractivity contribution in [1.29, 1.82) is 0 Å². The van der Waals surface area contributed by atoms with Gasteiger partial charge in [-0.15, -0.1) is 0 Å². The van der Waals surface area contributed by atoms with Crippen molar-refractivity contribution in [2.75, 3.05) is 46.9 Å². The Morgan fingerprint density at radius 3 is 2.72 bits per heavy atom. The van der Waals surface area contributed by atoms with E-state index in [4.69, 9.17) is 9.47 Å². The van der Waals surface area contributed by atoms with Crippen LogP contribution in [-0.2, 0) is 16.0 Å². The summed E-state index contributed by atoms with van der Waals surface area (Å²) >= 11 is 0. The number of carbonyl (C=O) groups is 2. The van der Waals surface area contributed by atoms with E-state index in [0.717, 1.165) is 18.5 Å². The minimum Gasteiger partial charge on any atom is -0.493 e. The number of likely N-dealkylation sites (tertiary alicyclic amines) is 1. The highest BCUT2D eigenvalue weighted by Gasteiger charge is 2.36. The van der Waals surface area contributed by atoms with Gasteiger partial charge in [-0.25, -0.2) is 0 Å². The Bertz CT molecular complexity index is 812. The van der Waals surface area contributed by atoms with Gasteiger partial charge in [-0.05, 0) is 68.8 Å². The van der Waals surface area contributed by atoms with E-state index < -0.39 is 0 Å². The molecule has 32 heavy (non-hydrogen) atoms. The van der Waals surface area contributed by atoms with Crippen molar-refractivity contribution in [1.82, 2.24) is 15.1 Å². The van der Waals surface area contributed by atoms with E-state index in [9.17, 15) is 9.59 Å². The lowest BCUT2D eigenvalue weighted by atomic mass is 9.83. The first-order valence-electron chi connectivity index (χ1n) is 12.1. The van der Waals surface area contributed by atoms with E-state index in [1.807, 2.05) is 23.1 Å². The number of hydrogen-bond donors (Lipinski definition) is 1. The second-order valence-electron chi connectivity index (χ2n) is 9.43. The summed E-state index contributed by atoms with van der Waals surface area (Å²) in [5, 5.41) is 3.20. The van der Waals surface area contributed by atoms with Gasteiger partial charge in [0.15, 0.2) is 11.5 Å². The van der Waals surface area contributed by atoms with Crippen molar-refractivity contribution in [3.8, 4) is 11.5 Å². The molecule has 3 heterocycles. The van der Waals surface area contributed by atoms with Crippen molar-refractivity contribution in [3.63, 3.8) is 0 Å². The Hall–Kier alpha value is -2.28. The molecule has 7 heteroatoms. The molecule has 1 N–H and O–H groups in total. The minimum atomic E-state index is -0.237. The first-order valence-corrected chi connectivity index (χ1v) is 12.1. The molecule has 0 aromatic heterocycles. The van der Waals surface area contributed by atoms with Crippen molar-refractivity contribution in [3.05, 3.63) is 23.8 Å². The smallest absolute Gasteiger partial charge is 0.225 e. The molecule has 0 spiro atoms. The zero-order valence-electron chi connectivity index (χ0n) is 19.5. The van der Waals surface area contributed by atoms with Crippen molar-refractivity contribution >= 4 is 11.8 Å². The normalized spacial score (nSPS) is 26.0. The topological polar surface area (TPSA) is 71.1 Å². The van der Waals surface area contributed by atoms with Crippen LogP contribution < -0.4 is 14.8 Å². The number of hydrogen-bond acceptors (Lipinski definition) is 5. The predicted octanol–water partition coefficient (Wildman–Crippen LogP) is 2.48. The van der Waals surface area contributed by atoms with Gasteiger partial charge in [-0.2, -0.15) is 0 Å². The first-order chi connectivity index (χ1) is 15.6. The highest BCUT2D eigenvalue weighted by molar-refractivity contribution is 5.89. The van der Waals surface area contributed by atoms with Crippen LogP contribution in [0.5, 0.6) is 11.5 Å². The predicted molar refractivity (Wildman–Crippen MR) is 123 cm³/mol. The summed E-state index contributed by atoms with van der Waals surface area (Å²) in [7, 11) is 3.24. The molecule has 3 aliphatic heterocycles. The third kappa shape index (κ3) is 5.20. The van der Waals surface area contributed by atoms with Gasteiger partial charge in [0.05, 0.1) is 20.1 Å². The molecular formula is C25H37N3O4. The first kappa shape index (κ1) is 22.9. The molecule has 7 nitrogen and oxygen atoms in total. The molecule has 3 saturated heterocycles. The summed E-state index contributed by atoms with van der Waals surface area (Å²) in [4.78, 5) is 29.8. The molecule has 0 saturated carbocycles. The number of rotatable bonds is 8. The Morgan fingerprint density at radius 2 is 1.91 bits per heavy atom. The molecule has 0 radical (unpaired) electrons. The second-order valence-corrected chi connectivity index (χ2v) is 9.43. The minimum absolute atomic E-state index is 0.0416. The van der Waals surface area contributed by atoms with Crippen molar-refractivity contribution in [2.45, 2.75) is 51.0 Å². The third-order valence-corrected chi connectivity index (χ3v) is 7.47. The molecule has 176 valence electrons. The number of nitrogens with zero attached hydrogens (tertiary/aromatic N) is 2. The molecule has 0 bridgehead atoms. The number of benzene rings is 1. The Labute approximate surface area is 191 Å². The molecule has 3 aliphatic rings. The maximum absolute atomic E-state index is 12.8.